The second kappa shape index (κ2) is 8.57. The molecule has 28 heavy (non-hydrogen) atoms. The fraction of sp³-hybridized carbons (Fsp3) is 0.235. The Bertz CT molecular complexity index is 854. The number of hydrogen-bond donors (Lipinski definition) is 3. The van der Waals surface area contributed by atoms with Crippen molar-refractivity contribution in [3.8, 4) is 17.4 Å². The number of alkyl halides is 3. The minimum Gasteiger partial charge on any atom is -0.501 e. The third kappa shape index (κ3) is 5.58. The van der Waals surface area contributed by atoms with Crippen LogP contribution in [0.4, 0.5) is 18.0 Å². The van der Waals surface area contributed by atoms with E-state index in [0.717, 1.165) is 18.3 Å². The standard InChI is InChI=1S/C17H16F3N3O5/c1-9(21)14(25)23-16(26)28-15-13(24)12(6-7-22-15)27-8-10-2-4-11(5-3-10)17(18,19)20/h2-7,9,24H,8,21H2,1H3,(H,23,25,26)/t9-/m0/s1. The summed E-state index contributed by atoms with van der Waals surface area (Å²) in [6.45, 7) is 1.19. The van der Waals surface area contributed by atoms with Crippen LogP contribution in [0.2, 0.25) is 0 Å². The van der Waals surface area contributed by atoms with Gasteiger partial charge in [-0.05, 0) is 24.6 Å². The van der Waals surface area contributed by atoms with Crippen LogP contribution in [0.3, 0.4) is 0 Å². The van der Waals surface area contributed by atoms with Gasteiger partial charge in [-0.25, -0.2) is 9.78 Å². The number of ether oxygens (including phenoxy) is 2. The predicted molar refractivity (Wildman–Crippen MR) is 89.5 cm³/mol. The number of amides is 2. The highest BCUT2D eigenvalue weighted by Gasteiger charge is 2.30. The van der Waals surface area contributed by atoms with Gasteiger partial charge in [-0.1, -0.05) is 12.1 Å². The highest BCUT2D eigenvalue weighted by molar-refractivity contribution is 5.95. The second-order valence-electron chi connectivity index (χ2n) is 5.61. The molecule has 0 fully saturated rings. The van der Waals surface area contributed by atoms with Crippen molar-refractivity contribution in [2.75, 3.05) is 0 Å². The predicted octanol–water partition coefficient (Wildman–Crippen LogP) is 2.35. The summed E-state index contributed by atoms with van der Waals surface area (Å²) < 4.78 is 47.7. The van der Waals surface area contributed by atoms with Crippen LogP contribution in [-0.2, 0) is 17.6 Å². The molecular formula is C17H16F3N3O5. The Kier molecular flexibility index (Phi) is 6.41. The van der Waals surface area contributed by atoms with Gasteiger partial charge in [0.15, 0.2) is 5.75 Å². The zero-order valence-corrected chi connectivity index (χ0v) is 14.5. The van der Waals surface area contributed by atoms with Gasteiger partial charge in [-0.2, -0.15) is 13.2 Å². The summed E-state index contributed by atoms with van der Waals surface area (Å²) in [6, 6.07) is 4.57. The normalized spacial score (nSPS) is 12.2. The molecule has 8 nitrogen and oxygen atoms in total. The third-order valence-electron chi connectivity index (χ3n) is 3.36. The molecule has 1 aromatic carbocycles. The number of aromatic nitrogens is 1. The van der Waals surface area contributed by atoms with Crippen LogP contribution in [0, 0.1) is 0 Å². The molecule has 2 amide bonds. The molecule has 0 aliphatic rings. The lowest BCUT2D eigenvalue weighted by atomic mass is 10.1. The van der Waals surface area contributed by atoms with E-state index in [1.54, 1.807) is 0 Å². The van der Waals surface area contributed by atoms with Crippen molar-refractivity contribution in [3.63, 3.8) is 0 Å². The van der Waals surface area contributed by atoms with Gasteiger partial charge in [-0.15, -0.1) is 0 Å². The van der Waals surface area contributed by atoms with Gasteiger partial charge < -0.3 is 20.3 Å². The highest BCUT2D eigenvalue weighted by Crippen LogP contribution is 2.34. The first-order valence-electron chi connectivity index (χ1n) is 7.83. The first-order chi connectivity index (χ1) is 13.1. The van der Waals surface area contributed by atoms with Crippen molar-refractivity contribution in [1.29, 1.82) is 0 Å². The van der Waals surface area contributed by atoms with Gasteiger partial charge in [0.2, 0.25) is 11.7 Å². The van der Waals surface area contributed by atoms with Gasteiger partial charge in [0.05, 0.1) is 11.6 Å². The van der Waals surface area contributed by atoms with E-state index in [1.807, 2.05) is 5.32 Å². The Labute approximate surface area is 157 Å². The zero-order valence-electron chi connectivity index (χ0n) is 14.5. The summed E-state index contributed by atoms with van der Waals surface area (Å²) in [5.41, 5.74) is 4.90. The Balaban J connectivity index is 2.02. The zero-order chi connectivity index (χ0) is 20.9. The number of benzene rings is 1. The van der Waals surface area contributed by atoms with Crippen LogP contribution in [-0.4, -0.2) is 28.1 Å². The van der Waals surface area contributed by atoms with Gasteiger partial charge in [0.1, 0.15) is 6.61 Å². The Morgan fingerprint density at radius 1 is 1.25 bits per heavy atom. The molecule has 0 saturated carbocycles. The number of carbonyl (C=O) groups excluding carboxylic acids is 2. The Hall–Kier alpha value is -3.34. The van der Waals surface area contributed by atoms with Crippen molar-refractivity contribution >= 4 is 12.0 Å². The fourth-order valence-electron chi connectivity index (χ4n) is 1.89. The van der Waals surface area contributed by atoms with E-state index in [9.17, 15) is 27.9 Å². The number of imide groups is 1. The Morgan fingerprint density at radius 3 is 2.46 bits per heavy atom. The van der Waals surface area contributed by atoms with E-state index >= 15 is 0 Å². The lowest BCUT2D eigenvalue weighted by Crippen LogP contribution is -2.42. The maximum absolute atomic E-state index is 12.5. The maximum atomic E-state index is 12.5. The topological polar surface area (TPSA) is 124 Å². The fourth-order valence-corrected chi connectivity index (χ4v) is 1.89. The van der Waals surface area contributed by atoms with Gasteiger partial charge >= 0.3 is 12.3 Å². The molecule has 0 aliphatic carbocycles. The van der Waals surface area contributed by atoms with Crippen molar-refractivity contribution in [1.82, 2.24) is 10.3 Å². The van der Waals surface area contributed by atoms with E-state index in [2.05, 4.69) is 4.98 Å². The number of pyridine rings is 1. The van der Waals surface area contributed by atoms with E-state index in [0.29, 0.717) is 5.56 Å². The second-order valence-corrected chi connectivity index (χ2v) is 5.61. The lowest BCUT2D eigenvalue weighted by Gasteiger charge is -2.12. The maximum Gasteiger partial charge on any atom is 0.420 e. The molecule has 0 bridgehead atoms. The van der Waals surface area contributed by atoms with E-state index in [1.165, 1.54) is 25.1 Å². The molecule has 150 valence electrons. The molecule has 0 spiro atoms. The number of halogens is 3. The first kappa shape index (κ1) is 21.0. The number of nitrogens with one attached hydrogen (secondary N) is 1. The average Bonchev–Trinajstić information content (AvgIpc) is 2.62. The van der Waals surface area contributed by atoms with Gasteiger partial charge in [-0.3, -0.25) is 10.1 Å². The van der Waals surface area contributed by atoms with E-state index in [4.69, 9.17) is 15.2 Å². The van der Waals surface area contributed by atoms with E-state index < -0.39 is 41.4 Å². The number of carbonyl (C=O) groups is 2. The molecule has 0 aliphatic heterocycles. The van der Waals surface area contributed by atoms with Crippen LogP contribution in [0.1, 0.15) is 18.1 Å². The molecule has 1 atom stereocenters. The van der Waals surface area contributed by atoms with Crippen molar-refractivity contribution < 1.29 is 37.3 Å². The molecule has 2 aromatic rings. The first-order valence-corrected chi connectivity index (χ1v) is 7.83. The van der Waals surface area contributed by atoms with Gasteiger partial charge in [0.25, 0.3) is 5.88 Å². The molecule has 0 unspecified atom stereocenters. The largest absolute Gasteiger partial charge is 0.501 e. The van der Waals surface area contributed by atoms with Crippen LogP contribution in [0.5, 0.6) is 17.4 Å². The molecule has 11 heteroatoms. The van der Waals surface area contributed by atoms with Crippen LogP contribution in [0.25, 0.3) is 0 Å². The van der Waals surface area contributed by atoms with Crippen LogP contribution < -0.4 is 20.5 Å². The average molecular weight is 399 g/mol. The summed E-state index contributed by atoms with van der Waals surface area (Å²) in [4.78, 5) is 26.6. The van der Waals surface area contributed by atoms with Crippen LogP contribution in [0.15, 0.2) is 36.5 Å². The summed E-state index contributed by atoms with van der Waals surface area (Å²) in [5, 5.41) is 11.9. The van der Waals surface area contributed by atoms with Crippen molar-refractivity contribution in [3.05, 3.63) is 47.7 Å². The molecule has 2 rings (SSSR count). The van der Waals surface area contributed by atoms with Crippen molar-refractivity contribution in [2.45, 2.75) is 25.7 Å². The summed E-state index contributed by atoms with van der Waals surface area (Å²) in [7, 11) is 0. The minimum absolute atomic E-state index is 0.129. The third-order valence-corrected chi connectivity index (χ3v) is 3.36. The number of rotatable bonds is 5. The van der Waals surface area contributed by atoms with E-state index in [-0.39, 0.29) is 12.4 Å². The molecule has 0 radical (unpaired) electrons. The van der Waals surface area contributed by atoms with Gasteiger partial charge in [0, 0.05) is 12.3 Å². The SMILES string of the molecule is C[C@H](N)C(=O)NC(=O)Oc1nccc(OCc2ccc(C(F)(F)F)cc2)c1O. The lowest BCUT2D eigenvalue weighted by molar-refractivity contribution is -0.137. The highest BCUT2D eigenvalue weighted by atomic mass is 19.4. The quantitative estimate of drug-likeness (QED) is 0.705. The summed E-state index contributed by atoms with van der Waals surface area (Å²) in [5.74, 6) is -2.08. The minimum atomic E-state index is -4.45. The Morgan fingerprint density at radius 2 is 1.89 bits per heavy atom. The molecule has 1 aromatic heterocycles. The summed E-state index contributed by atoms with van der Waals surface area (Å²) >= 11 is 0. The molecular weight excluding hydrogens is 383 g/mol. The molecule has 1 heterocycles. The number of nitrogens with zero attached hydrogens (tertiary/aromatic N) is 1. The molecule has 0 saturated heterocycles. The number of nitrogens with two attached hydrogens (primary N) is 1. The smallest absolute Gasteiger partial charge is 0.420 e. The molecule has 4 N–H and O–H groups in total. The number of hydrogen-bond acceptors (Lipinski definition) is 7. The number of aromatic hydroxyl groups is 1. The van der Waals surface area contributed by atoms with Crippen molar-refractivity contribution in [2.24, 2.45) is 5.73 Å². The van der Waals surface area contributed by atoms with Crippen LogP contribution >= 0.6 is 0 Å². The monoisotopic (exact) mass is 399 g/mol. The summed E-state index contributed by atoms with van der Waals surface area (Å²) in [6.07, 6.45) is -4.49.